The third-order valence-electron chi connectivity index (χ3n) is 4.52. The Labute approximate surface area is 207 Å². The highest BCUT2D eigenvalue weighted by Crippen LogP contribution is 2.35. The fourth-order valence-electron chi connectivity index (χ4n) is 2.88. The lowest BCUT2D eigenvalue weighted by molar-refractivity contribution is -0.136. The van der Waals surface area contributed by atoms with Crippen LogP contribution in [0.5, 0.6) is 5.75 Å². The Morgan fingerprint density at radius 3 is 2.32 bits per heavy atom. The maximum absolute atomic E-state index is 12.5. The summed E-state index contributed by atoms with van der Waals surface area (Å²) < 4.78 is 6.31. The van der Waals surface area contributed by atoms with Crippen molar-refractivity contribution >= 4 is 74.3 Å². The molecule has 34 heavy (non-hydrogen) atoms. The number of rotatable bonds is 5. The van der Waals surface area contributed by atoms with Gasteiger partial charge in [-0.25, -0.2) is 10.2 Å². The van der Waals surface area contributed by atoms with Crippen LogP contribution in [0, 0.1) is 0 Å². The van der Waals surface area contributed by atoms with E-state index in [2.05, 4.69) is 15.8 Å². The van der Waals surface area contributed by atoms with Gasteiger partial charge in [-0.1, -0.05) is 53.5 Å². The molecule has 0 aliphatic carbocycles. The van der Waals surface area contributed by atoms with Crippen molar-refractivity contribution in [3.05, 3.63) is 93.3 Å². The Kier molecular flexibility index (Phi) is 7.22. The number of nitrogens with zero attached hydrogens (tertiary/aromatic N) is 1. The summed E-state index contributed by atoms with van der Waals surface area (Å²) >= 11 is 13.5. The number of para-hydroxylation sites is 1. The van der Waals surface area contributed by atoms with Crippen molar-refractivity contribution in [1.82, 2.24) is 5.43 Å². The summed E-state index contributed by atoms with van der Waals surface area (Å²) in [5.74, 6) is -2.10. The van der Waals surface area contributed by atoms with Gasteiger partial charge in [-0.15, -0.1) is 11.3 Å². The fourth-order valence-corrected chi connectivity index (χ4v) is 4.45. The Morgan fingerprint density at radius 2 is 1.59 bits per heavy atom. The standard InChI is InChI=1S/C24H15Cl2N3O4S/c25-17-6-2-3-7-18(17)28-22(30)23(31)29-27-13-14-9-11-15(12-10-14)33-24(32)21-20(26)16-5-1-4-8-19(16)34-21/h1-13H,(H,28,30)(H,29,31)/b27-13-. The molecule has 1 heterocycles. The number of nitrogens with one attached hydrogen (secondary N) is 2. The van der Waals surface area contributed by atoms with E-state index in [0.29, 0.717) is 31.9 Å². The zero-order chi connectivity index (χ0) is 24.1. The highest BCUT2D eigenvalue weighted by molar-refractivity contribution is 7.21. The van der Waals surface area contributed by atoms with Crippen molar-refractivity contribution < 1.29 is 19.1 Å². The van der Waals surface area contributed by atoms with E-state index in [1.807, 2.05) is 24.3 Å². The molecule has 0 spiro atoms. The van der Waals surface area contributed by atoms with E-state index in [1.54, 1.807) is 48.5 Å². The third kappa shape index (κ3) is 5.43. The van der Waals surface area contributed by atoms with Crippen LogP contribution >= 0.6 is 34.5 Å². The minimum Gasteiger partial charge on any atom is -0.422 e. The summed E-state index contributed by atoms with van der Waals surface area (Å²) in [6.07, 6.45) is 1.34. The van der Waals surface area contributed by atoms with E-state index >= 15 is 0 Å². The van der Waals surface area contributed by atoms with Gasteiger partial charge < -0.3 is 10.1 Å². The third-order valence-corrected chi connectivity index (χ3v) is 6.50. The van der Waals surface area contributed by atoms with Gasteiger partial charge in [0.25, 0.3) is 0 Å². The van der Waals surface area contributed by atoms with Crippen LogP contribution < -0.4 is 15.5 Å². The van der Waals surface area contributed by atoms with Crippen molar-refractivity contribution in [2.24, 2.45) is 5.10 Å². The number of carbonyl (C=O) groups excluding carboxylic acids is 3. The summed E-state index contributed by atoms with van der Waals surface area (Å²) in [5.41, 5.74) is 3.05. The smallest absolute Gasteiger partial charge is 0.355 e. The number of ether oxygens (including phenoxy) is 1. The van der Waals surface area contributed by atoms with Gasteiger partial charge in [0.2, 0.25) is 0 Å². The van der Waals surface area contributed by atoms with E-state index in [4.69, 9.17) is 27.9 Å². The molecular formula is C24H15Cl2N3O4S. The summed E-state index contributed by atoms with van der Waals surface area (Å²) in [7, 11) is 0. The molecule has 2 N–H and O–H groups in total. The molecule has 0 fully saturated rings. The number of thiophene rings is 1. The number of halogens is 2. The fraction of sp³-hybridized carbons (Fsp3) is 0. The summed E-state index contributed by atoms with van der Waals surface area (Å²) in [6, 6.07) is 20.4. The van der Waals surface area contributed by atoms with Gasteiger partial charge in [-0.2, -0.15) is 5.10 Å². The number of fused-ring (bicyclic) bond motifs is 1. The number of amides is 2. The number of hydrazone groups is 1. The van der Waals surface area contributed by atoms with Crippen molar-refractivity contribution in [1.29, 1.82) is 0 Å². The highest BCUT2D eigenvalue weighted by Gasteiger charge is 2.19. The SMILES string of the molecule is O=C(N/N=C\c1ccc(OC(=O)c2sc3ccccc3c2Cl)cc1)C(=O)Nc1ccccc1Cl. The van der Waals surface area contributed by atoms with Gasteiger partial charge in [-0.05, 0) is 48.0 Å². The summed E-state index contributed by atoms with van der Waals surface area (Å²) in [5, 5.41) is 7.63. The van der Waals surface area contributed by atoms with Gasteiger partial charge >= 0.3 is 17.8 Å². The molecule has 0 unspecified atom stereocenters. The number of anilines is 1. The van der Waals surface area contributed by atoms with Gasteiger partial charge in [0.05, 0.1) is 21.9 Å². The first-order chi connectivity index (χ1) is 16.4. The second-order valence-corrected chi connectivity index (χ2v) is 8.67. The zero-order valence-electron chi connectivity index (χ0n) is 17.2. The number of benzene rings is 3. The van der Waals surface area contributed by atoms with Crippen LogP contribution in [0.25, 0.3) is 10.1 Å². The predicted octanol–water partition coefficient (Wildman–Crippen LogP) is 5.52. The van der Waals surface area contributed by atoms with Crippen LogP contribution in [0.1, 0.15) is 15.2 Å². The molecule has 0 bridgehead atoms. The molecule has 0 radical (unpaired) electrons. The van der Waals surface area contributed by atoms with Crippen molar-refractivity contribution in [2.45, 2.75) is 0 Å². The molecule has 2 amide bonds. The van der Waals surface area contributed by atoms with Gasteiger partial charge in [0.15, 0.2) is 0 Å². The quantitative estimate of drug-likeness (QED) is 0.121. The van der Waals surface area contributed by atoms with Crippen LogP contribution in [0.3, 0.4) is 0 Å². The molecule has 0 atom stereocenters. The number of esters is 1. The van der Waals surface area contributed by atoms with E-state index in [9.17, 15) is 14.4 Å². The maximum Gasteiger partial charge on any atom is 0.355 e. The second kappa shape index (κ2) is 10.5. The minimum atomic E-state index is -0.957. The van der Waals surface area contributed by atoms with E-state index < -0.39 is 17.8 Å². The number of hydrogen-bond donors (Lipinski definition) is 2. The van der Waals surface area contributed by atoms with Crippen LogP contribution in [-0.4, -0.2) is 24.0 Å². The Hall–Kier alpha value is -3.72. The molecule has 7 nitrogen and oxygen atoms in total. The molecule has 4 aromatic rings. The molecule has 0 saturated heterocycles. The topological polar surface area (TPSA) is 96.9 Å². The molecule has 0 aliphatic heterocycles. The normalized spacial score (nSPS) is 10.9. The first-order valence-corrected chi connectivity index (χ1v) is 11.4. The monoisotopic (exact) mass is 511 g/mol. The van der Waals surface area contributed by atoms with Crippen LogP contribution in [-0.2, 0) is 9.59 Å². The van der Waals surface area contributed by atoms with Crippen LogP contribution in [0.15, 0.2) is 77.9 Å². The number of carbonyl (C=O) groups is 3. The first-order valence-electron chi connectivity index (χ1n) is 9.80. The lowest BCUT2D eigenvalue weighted by Crippen LogP contribution is -2.32. The van der Waals surface area contributed by atoms with E-state index in [-0.39, 0.29) is 0 Å². The molecule has 4 rings (SSSR count). The highest BCUT2D eigenvalue weighted by atomic mass is 35.5. The molecule has 170 valence electrons. The first kappa shape index (κ1) is 23.4. The summed E-state index contributed by atoms with van der Waals surface area (Å²) in [6.45, 7) is 0. The molecule has 10 heteroatoms. The van der Waals surface area contributed by atoms with Gasteiger partial charge in [0, 0.05) is 10.1 Å². The largest absolute Gasteiger partial charge is 0.422 e. The van der Waals surface area contributed by atoms with Crippen LogP contribution in [0.2, 0.25) is 10.0 Å². The lowest BCUT2D eigenvalue weighted by atomic mass is 10.2. The van der Waals surface area contributed by atoms with Crippen molar-refractivity contribution in [2.75, 3.05) is 5.32 Å². The predicted molar refractivity (Wildman–Crippen MR) is 134 cm³/mol. The number of hydrogen-bond acceptors (Lipinski definition) is 6. The van der Waals surface area contributed by atoms with E-state index in [1.165, 1.54) is 17.6 Å². The van der Waals surface area contributed by atoms with Gasteiger partial charge in [0.1, 0.15) is 10.6 Å². The maximum atomic E-state index is 12.5. The summed E-state index contributed by atoms with van der Waals surface area (Å²) in [4.78, 5) is 36.7. The Morgan fingerprint density at radius 1 is 0.882 bits per heavy atom. The minimum absolute atomic E-state index is 0.308. The average Bonchev–Trinajstić information content (AvgIpc) is 3.18. The zero-order valence-corrected chi connectivity index (χ0v) is 19.6. The Balaban J connectivity index is 1.33. The molecule has 0 saturated carbocycles. The second-order valence-electron chi connectivity index (χ2n) is 6.83. The molecular weight excluding hydrogens is 497 g/mol. The molecule has 0 aliphatic rings. The van der Waals surface area contributed by atoms with Crippen molar-refractivity contribution in [3.8, 4) is 5.75 Å². The molecule has 1 aromatic heterocycles. The van der Waals surface area contributed by atoms with Crippen molar-refractivity contribution in [3.63, 3.8) is 0 Å². The van der Waals surface area contributed by atoms with Crippen LogP contribution in [0.4, 0.5) is 5.69 Å². The van der Waals surface area contributed by atoms with Gasteiger partial charge in [-0.3, -0.25) is 9.59 Å². The molecule has 3 aromatic carbocycles. The Bertz CT molecular complexity index is 1420. The van der Waals surface area contributed by atoms with E-state index in [0.717, 1.165) is 10.1 Å². The average molecular weight is 512 g/mol. The lowest BCUT2D eigenvalue weighted by Gasteiger charge is -2.05.